The average molecular weight is 201 g/mol. The van der Waals surface area contributed by atoms with Crippen LogP contribution >= 0.6 is 0 Å². The summed E-state index contributed by atoms with van der Waals surface area (Å²) in [5.74, 6) is 0.884. The van der Waals surface area contributed by atoms with Gasteiger partial charge in [0, 0.05) is 0 Å². The number of ether oxygens (including phenoxy) is 1. The second-order valence-electron chi connectivity index (χ2n) is 3.31. The lowest BCUT2D eigenvalue weighted by Crippen LogP contribution is -1.96. The molecule has 2 nitrogen and oxygen atoms in total. The summed E-state index contributed by atoms with van der Waals surface area (Å²) in [6, 6.07) is 7.98. The van der Waals surface area contributed by atoms with Gasteiger partial charge in [-0.1, -0.05) is 24.3 Å². The Morgan fingerprint density at radius 3 is 2.87 bits per heavy atom. The molecule has 1 rings (SSSR count). The first-order valence-corrected chi connectivity index (χ1v) is 4.98. The largest absolute Gasteiger partial charge is 0.489 e. The van der Waals surface area contributed by atoms with E-state index in [-0.39, 0.29) is 0 Å². The third-order valence-corrected chi connectivity index (χ3v) is 2.09. The second-order valence-corrected chi connectivity index (χ2v) is 3.31. The third kappa shape index (κ3) is 3.47. The van der Waals surface area contributed by atoms with Crippen LogP contribution < -0.4 is 4.74 Å². The van der Waals surface area contributed by atoms with Crippen molar-refractivity contribution < 1.29 is 4.74 Å². The predicted octanol–water partition coefficient (Wildman–Crippen LogP) is 3.02. The molecule has 0 aromatic heterocycles. The van der Waals surface area contributed by atoms with Crippen molar-refractivity contribution in [3.8, 4) is 11.8 Å². The lowest BCUT2D eigenvalue weighted by molar-refractivity contribution is 0.360. The molecule has 0 atom stereocenters. The Morgan fingerprint density at radius 2 is 2.27 bits per heavy atom. The fourth-order valence-corrected chi connectivity index (χ4v) is 1.31. The molecule has 0 spiro atoms. The fraction of sp³-hybridized carbons (Fsp3) is 0.308. The van der Waals surface area contributed by atoms with Crippen LogP contribution in [0.2, 0.25) is 0 Å². The SMILES string of the molecule is CC=CCOc1ccc(CC#N)cc1C. The van der Waals surface area contributed by atoms with E-state index in [1.807, 2.05) is 44.2 Å². The molecule has 0 aliphatic carbocycles. The average Bonchev–Trinajstić information content (AvgIpc) is 2.22. The molecule has 0 aliphatic rings. The van der Waals surface area contributed by atoms with E-state index in [9.17, 15) is 0 Å². The van der Waals surface area contributed by atoms with Crippen LogP contribution in [0.15, 0.2) is 30.4 Å². The van der Waals surface area contributed by atoms with Crippen LogP contribution in [0.4, 0.5) is 0 Å². The molecule has 2 heteroatoms. The first-order chi connectivity index (χ1) is 7.27. The number of benzene rings is 1. The molecule has 0 heterocycles. The summed E-state index contributed by atoms with van der Waals surface area (Å²) in [6.45, 7) is 4.55. The third-order valence-electron chi connectivity index (χ3n) is 2.09. The Bertz CT molecular complexity index is 388. The maximum absolute atomic E-state index is 8.56. The van der Waals surface area contributed by atoms with Gasteiger partial charge in [0.15, 0.2) is 0 Å². The molecule has 0 saturated heterocycles. The standard InChI is InChI=1S/C13H15NO/c1-3-4-9-15-13-6-5-12(7-8-14)10-11(13)2/h3-6,10H,7,9H2,1-2H3. The van der Waals surface area contributed by atoms with E-state index >= 15 is 0 Å². The molecule has 0 N–H and O–H groups in total. The lowest BCUT2D eigenvalue weighted by Gasteiger charge is -2.07. The van der Waals surface area contributed by atoms with E-state index in [0.29, 0.717) is 13.0 Å². The van der Waals surface area contributed by atoms with Gasteiger partial charge in [-0.3, -0.25) is 0 Å². The van der Waals surface area contributed by atoms with Gasteiger partial charge in [0.2, 0.25) is 0 Å². The molecule has 0 aliphatic heterocycles. The lowest BCUT2D eigenvalue weighted by atomic mass is 10.1. The zero-order valence-corrected chi connectivity index (χ0v) is 9.16. The topological polar surface area (TPSA) is 33.0 Å². The smallest absolute Gasteiger partial charge is 0.122 e. The maximum atomic E-state index is 8.56. The van der Waals surface area contributed by atoms with Crippen molar-refractivity contribution in [2.45, 2.75) is 20.3 Å². The molecule has 1 aromatic rings. The van der Waals surface area contributed by atoms with Gasteiger partial charge in [0.25, 0.3) is 0 Å². The number of nitrogens with zero attached hydrogens (tertiary/aromatic N) is 1. The molecule has 78 valence electrons. The van der Waals surface area contributed by atoms with Gasteiger partial charge >= 0.3 is 0 Å². The van der Waals surface area contributed by atoms with E-state index in [1.165, 1.54) is 0 Å². The van der Waals surface area contributed by atoms with Gasteiger partial charge in [0.05, 0.1) is 12.5 Å². The Labute approximate surface area is 90.8 Å². The van der Waals surface area contributed by atoms with Crippen molar-refractivity contribution in [1.82, 2.24) is 0 Å². The highest BCUT2D eigenvalue weighted by molar-refractivity contribution is 5.37. The molecule has 1 aromatic carbocycles. The summed E-state index contributed by atoms with van der Waals surface area (Å²) >= 11 is 0. The quantitative estimate of drug-likeness (QED) is 0.701. The number of allylic oxidation sites excluding steroid dienone is 1. The van der Waals surface area contributed by atoms with Crippen molar-refractivity contribution in [2.75, 3.05) is 6.61 Å². The summed E-state index contributed by atoms with van der Waals surface area (Å²) in [5, 5.41) is 8.56. The van der Waals surface area contributed by atoms with Gasteiger partial charge in [0.1, 0.15) is 12.4 Å². The maximum Gasteiger partial charge on any atom is 0.122 e. The van der Waals surface area contributed by atoms with E-state index in [2.05, 4.69) is 6.07 Å². The van der Waals surface area contributed by atoms with Crippen molar-refractivity contribution in [3.63, 3.8) is 0 Å². The first-order valence-electron chi connectivity index (χ1n) is 4.98. The van der Waals surface area contributed by atoms with Gasteiger partial charge in [-0.05, 0) is 31.0 Å². The normalized spacial score (nSPS) is 10.2. The van der Waals surface area contributed by atoms with Crippen LogP contribution in [0.25, 0.3) is 0 Å². The van der Waals surface area contributed by atoms with Crippen molar-refractivity contribution >= 4 is 0 Å². The van der Waals surface area contributed by atoms with Crippen LogP contribution in [0.5, 0.6) is 5.75 Å². The Hall–Kier alpha value is -1.75. The molecular weight excluding hydrogens is 186 g/mol. The second kappa shape index (κ2) is 5.87. The molecule has 0 saturated carbocycles. The van der Waals surface area contributed by atoms with E-state index in [4.69, 9.17) is 10.00 Å². The number of rotatable bonds is 4. The zero-order chi connectivity index (χ0) is 11.1. The Morgan fingerprint density at radius 1 is 1.47 bits per heavy atom. The molecular formula is C13H15NO. The van der Waals surface area contributed by atoms with Crippen LogP contribution in [0.3, 0.4) is 0 Å². The molecule has 0 radical (unpaired) electrons. The van der Waals surface area contributed by atoms with Crippen molar-refractivity contribution in [2.24, 2.45) is 0 Å². The molecule has 0 unspecified atom stereocenters. The van der Waals surface area contributed by atoms with E-state index in [1.54, 1.807) is 0 Å². The monoisotopic (exact) mass is 201 g/mol. The van der Waals surface area contributed by atoms with Crippen LogP contribution in [-0.2, 0) is 6.42 Å². The number of hydrogen-bond acceptors (Lipinski definition) is 2. The number of hydrogen-bond donors (Lipinski definition) is 0. The molecule has 15 heavy (non-hydrogen) atoms. The molecule has 0 fully saturated rings. The molecule has 0 amide bonds. The van der Waals surface area contributed by atoms with Crippen molar-refractivity contribution in [3.05, 3.63) is 41.5 Å². The van der Waals surface area contributed by atoms with Crippen LogP contribution in [0, 0.1) is 18.3 Å². The summed E-state index contributed by atoms with van der Waals surface area (Å²) in [4.78, 5) is 0. The summed E-state index contributed by atoms with van der Waals surface area (Å²) < 4.78 is 5.54. The van der Waals surface area contributed by atoms with E-state index in [0.717, 1.165) is 16.9 Å². The first kappa shape index (κ1) is 11.3. The highest BCUT2D eigenvalue weighted by atomic mass is 16.5. The summed E-state index contributed by atoms with van der Waals surface area (Å²) in [7, 11) is 0. The predicted molar refractivity (Wildman–Crippen MR) is 60.8 cm³/mol. The van der Waals surface area contributed by atoms with Gasteiger partial charge in [-0.15, -0.1) is 0 Å². The van der Waals surface area contributed by atoms with E-state index < -0.39 is 0 Å². The summed E-state index contributed by atoms with van der Waals surface area (Å²) in [6.07, 6.45) is 4.37. The number of aryl methyl sites for hydroxylation is 1. The Kier molecular flexibility index (Phi) is 4.43. The van der Waals surface area contributed by atoms with Crippen LogP contribution in [-0.4, -0.2) is 6.61 Å². The Balaban J connectivity index is 2.71. The van der Waals surface area contributed by atoms with Gasteiger partial charge in [-0.2, -0.15) is 5.26 Å². The number of nitriles is 1. The minimum Gasteiger partial charge on any atom is -0.489 e. The summed E-state index contributed by atoms with van der Waals surface area (Å²) in [5.41, 5.74) is 2.11. The van der Waals surface area contributed by atoms with Crippen LogP contribution in [0.1, 0.15) is 18.1 Å². The van der Waals surface area contributed by atoms with Gasteiger partial charge < -0.3 is 4.74 Å². The molecule has 0 bridgehead atoms. The van der Waals surface area contributed by atoms with Gasteiger partial charge in [-0.25, -0.2) is 0 Å². The minimum absolute atomic E-state index is 0.454. The minimum atomic E-state index is 0.454. The van der Waals surface area contributed by atoms with Crippen molar-refractivity contribution in [1.29, 1.82) is 5.26 Å². The zero-order valence-electron chi connectivity index (χ0n) is 9.16. The highest BCUT2D eigenvalue weighted by Crippen LogP contribution is 2.19. The highest BCUT2D eigenvalue weighted by Gasteiger charge is 1.99. The fourth-order valence-electron chi connectivity index (χ4n) is 1.31.